The number of benzene rings is 1. The molecule has 108 valence electrons. The van der Waals surface area contributed by atoms with Crippen LogP contribution < -0.4 is 5.73 Å². The van der Waals surface area contributed by atoms with Gasteiger partial charge in [0.25, 0.3) is 5.91 Å². The first-order chi connectivity index (χ1) is 9.50. The largest absolute Gasteiger partial charge is 0.378 e. The van der Waals surface area contributed by atoms with E-state index in [0.29, 0.717) is 18.5 Å². The normalized spacial score (nSPS) is 24.2. The number of hydrogen-bond acceptors (Lipinski definition) is 3. The molecule has 2 rings (SSSR count). The van der Waals surface area contributed by atoms with Crippen molar-refractivity contribution in [2.45, 2.75) is 31.9 Å². The number of rotatable bonds is 3. The van der Waals surface area contributed by atoms with Crippen LogP contribution in [0.15, 0.2) is 30.3 Å². The van der Waals surface area contributed by atoms with Gasteiger partial charge < -0.3 is 15.7 Å². The number of piperidine rings is 1. The van der Waals surface area contributed by atoms with Crippen LogP contribution in [0.25, 0.3) is 0 Å². The summed E-state index contributed by atoms with van der Waals surface area (Å²) < 4.78 is 0. The highest BCUT2D eigenvalue weighted by Gasteiger charge is 2.34. The van der Waals surface area contributed by atoms with Crippen molar-refractivity contribution in [1.29, 1.82) is 0 Å². The Bertz CT molecular complexity index is 489. The molecule has 1 fully saturated rings. The average Bonchev–Trinajstić information content (AvgIpc) is 2.47. The molecule has 0 radical (unpaired) electrons. The topological polar surface area (TPSA) is 83.6 Å². The maximum atomic E-state index is 12.4. The summed E-state index contributed by atoms with van der Waals surface area (Å²) in [4.78, 5) is 25.3. The Morgan fingerprint density at radius 1 is 1.30 bits per heavy atom. The lowest BCUT2D eigenvalue weighted by molar-refractivity contribution is -0.146. The van der Waals surface area contributed by atoms with Crippen LogP contribution in [-0.2, 0) is 9.59 Å². The molecule has 1 aliphatic rings. The molecule has 1 saturated heterocycles. The highest BCUT2D eigenvalue weighted by molar-refractivity contribution is 5.84. The number of nitrogens with zero attached hydrogens (tertiary/aromatic N) is 1. The van der Waals surface area contributed by atoms with Crippen LogP contribution in [0.2, 0.25) is 0 Å². The Morgan fingerprint density at radius 2 is 1.95 bits per heavy atom. The SMILES string of the molecule is CC1CCC(C(N)=O)CN1C(=O)C(O)c1ccccc1. The van der Waals surface area contributed by atoms with Crippen LogP contribution in [0.3, 0.4) is 0 Å². The number of nitrogens with two attached hydrogens (primary N) is 1. The summed E-state index contributed by atoms with van der Waals surface area (Å²) in [5.74, 6) is -1.07. The number of amides is 2. The summed E-state index contributed by atoms with van der Waals surface area (Å²) in [7, 11) is 0. The van der Waals surface area contributed by atoms with Crippen molar-refractivity contribution in [3.8, 4) is 0 Å². The summed E-state index contributed by atoms with van der Waals surface area (Å²) >= 11 is 0. The molecule has 5 nitrogen and oxygen atoms in total. The van der Waals surface area contributed by atoms with Crippen LogP contribution >= 0.6 is 0 Å². The van der Waals surface area contributed by atoms with E-state index in [4.69, 9.17) is 5.73 Å². The van der Waals surface area contributed by atoms with Gasteiger partial charge in [-0.1, -0.05) is 30.3 Å². The van der Waals surface area contributed by atoms with Gasteiger partial charge in [0.1, 0.15) is 0 Å². The van der Waals surface area contributed by atoms with Gasteiger partial charge in [-0.25, -0.2) is 0 Å². The van der Waals surface area contributed by atoms with Gasteiger partial charge in [-0.15, -0.1) is 0 Å². The second kappa shape index (κ2) is 6.05. The minimum absolute atomic E-state index is 0.0106. The second-order valence-electron chi connectivity index (χ2n) is 5.33. The van der Waals surface area contributed by atoms with Gasteiger partial charge in [0.05, 0.1) is 5.92 Å². The van der Waals surface area contributed by atoms with E-state index < -0.39 is 6.10 Å². The fraction of sp³-hybridized carbons (Fsp3) is 0.467. The van der Waals surface area contributed by atoms with Gasteiger partial charge in [0.15, 0.2) is 6.10 Å². The highest BCUT2D eigenvalue weighted by Crippen LogP contribution is 2.25. The second-order valence-corrected chi connectivity index (χ2v) is 5.33. The number of primary amides is 1. The molecule has 5 heteroatoms. The minimum Gasteiger partial charge on any atom is -0.378 e. The zero-order chi connectivity index (χ0) is 14.7. The fourth-order valence-electron chi connectivity index (χ4n) is 2.58. The van der Waals surface area contributed by atoms with Gasteiger partial charge in [-0.2, -0.15) is 0 Å². The minimum atomic E-state index is -1.19. The average molecular weight is 276 g/mol. The molecule has 20 heavy (non-hydrogen) atoms. The predicted molar refractivity (Wildman–Crippen MR) is 74.5 cm³/mol. The van der Waals surface area contributed by atoms with Crippen molar-refractivity contribution in [3.63, 3.8) is 0 Å². The standard InChI is InChI=1S/C15H20N2O3/c1-10-7-8-12(14(16)19)9-17(10)15(20)13(18)11-5-3-2-4-6-11/h2-6,10,12-13,18H,7-9H2,1H3,(H2,16,19). The van der Waals surface area contributed by atoms with Crippen molar-refractivity contribution in [1.82, 2.24) is 4.90 Å². The molecule has 1 heterocycles. The smallest absolute Gasteiger partial charge is 0.256 e. The van der Waals surface area contributed by atoms with Crippen molar-refractivity contribution < 1.29 is 14.7 Å². The quantitative estimate of drug-likeness (QED) is 0.857. The van der Waals surface area contributed by atoms with Crippen LogP contribution in [0.5, 0.6) is 0 Å². The monoisotopic (exact) mass is 276 g/mol. The number of aliphatic hydroxyl groups excluding tert-OH is 1. The number of hydrogen-bond donors (Lipinski definition) is 2. The maximum absolute atomic E-state index is 12.4. The summed E-state index contributed by atoms with van der Waals surface area (Å²) in [6.45, 7) is 2.21. The van der Waals surface area contributed by atoms with E-state index in [1.807, 2.05) is 13.0 Å². The van der Waals surface area contributed by atoms with Gasteiger partial charge in [-0.05, 0) is 25.3 Å². The Hall–Kier alpha value is -1.88. The van der Waals surface area contributed by atoms with E-state index in [-0.39, 0.29) is 23.8 Å². The zero-order valence-corrected chi connectivity index (χ0v) is 11.5. The number of carbonyl (C=O) groups is 2. The Balaban J connectivity index is 2.12. The Morgan fingerprint density at radius 3 is 2.55 bits per heavy atom. The van der Waals surface area contributed by atoms with Crippen LogP contribution in [0, 0.1) is 5.92 Å². The van der Waals surface area contributed by atoms with E-state index >= 15 is 0 Å². The van der Waals surface area contributed by atoms with Gasteiger partial charge in [-0.3, -0.25) is 9.59 Å². The molecule has 1 aliphatic heterocycles. The summed E-state index contributed by atoms with van der Waals surface area (Å²) in [6.07, 6.45) is 0.230. The maximum Gasteiger partial charge on any atom is 0.256 e. The van der Waals surface area contributed by atoms with Crippen molar-refractivity contribution in [2.24, 2.45) is 11.7 Å². The van der Waals surface area contributed by atoms with E-state index in [1.165, 1.54) is 0 Å². The molecule has 3 unspecified atom stereocenters. The first-order valence-corrected chi connectivity index (χ1v) is 6.83. The Kier molecular flexibility index (Phi) is 4.39. The molecule has 1 aromatic carbocycles. The first kappa shape index (κ1) is 14.5. The molecular weight excluding hydrogens is 256 g/mol. The predicted octanol–water partition coefficient (Wildman–Crippen LogP) is 0.832. The molecule has 3 atom stereocenters. The Labute approximate surface area is 118 Å². The van der Waals surface area contributed by atoms with E-state index in [9.17, 15) is 14.7 Å². The molecule has 0 spiro atoms. The number of aliphatic hydroxyl groups is 1. The lowest BCUT2D eigenvalue weighted by Gasteiger charge is -2.38. The number of carbonyl (C=O) groups excluding carboxylic acids is 2. The van der Waals surface area contributed by atoms with Gasteiger partial charge in [0, 0.05) is 12.6 Å². The third-order valence-electron chi connectivity index (χ3n) is 3.92. The van der Waals surface area contributed by atoms with E-state index in [1.54, 1.807) is 29.2 Å². The molecular formula is C15H20N2O3. The van der Waals surface area contributed by atoms with E-state index in [2.05, 4.69) is 0 Å². The first-order valence-electron chi connectivity index (χ1n) is 6.83. The molecule has 0 aromatic heterocycles. The van der Waals surface area contributed by atoms with Crippen LogP contribution in [0.1, 0.15) is 31.4 Å². The highest BCUT2D eigenvalue weighted by atomic mass is 16.3. The van der Waals surface area contributed by atoms with Gasteiger partial charge >= 0.3 is 0 Å². The molecule has 2 amide bonds. The summed E-state index contributed by atoms with van der Waals surface area (Å²) in [5.41, 5.74) is 5.88. The van der Waals surface area contributed by atoms with Crippen LogP contribution in [-0.4, -0.2) is 34.4 Å². The molecule has 0 saturated carbocycles. The van der Waals surface area contributed by atoms with Crippen molar-refractivity contribution in [2.75, 3.05) is 6.54 Å². The fourth-order valence-corrected chi connectivity index (χ4v) is 2.58. The zero-order valence-electron chi connectivity index (χ0n) is 11.5. The van der Waals surface area contributed by atoms with Gasteiger partial charge in [0.2, 0.25) is 5.91 Å². The third kappa shape index (κ3) is 2.99. The lowest BCUT2D eigenvalue weighted by atomic mass is 9.92. The summed E-state index contributed by atoms with van der Waals surface area (Å²) in [6, 6.07) is 8.81. The molecule has 0 aliphatic carbocycles. The van der Waals surface area contributed by atoms with Crippen molar-refractivity contribution in [3.05, 3.63) is 35.9 Å². The molecule has 3 N–H and O–H groups in total. The summed E-state index contributed by atoms with van der Waals surface area (Å²) in [5, 5.41) is 10.2. The van der Waals surface area contributed by atoms with E-state index in [0.717, 1.165) is 6.42 Å². The lowest BCUT2D eigenvalue weighted by Crippen LogP contribution is -2.50. The molecule has 1 aromatic rings. The molecule has 0 bridgehead atoms. The third-order valence-corrected chi connectivity index (χ3v) is 3.92. The number of likely N-dealkylation sites (tertiary alicyclic amines) is 1. The van der Waals surface area contributed by atoms with Crippen molar-refractivity contribution >= 4 is 11.8 Å². The van der Waals surface area contributed by atoms with Crippen LogP contribution in [0.4, 0.5) is 0 Å².